The van der Waals surface area contributed by atoms with Crippen molar-refractivity contribution in [1.82, 2.24) is 4.98 Å². The monoisotopic (exact) mass is 198 g/mol. The van der Waals surface area contributed by atoms with Gasteiger partial charge in [0.25, 0.3) is 0 Å². The van der Waals surface area contributed by atoms with Gasteiger partial charge in [0.1, 0.15) is 0 Å². The van der Waals surface area contributed by atoms with Gasteiger partial charge in [-0.15, -0.1) is 0 Å². The van der Waals surface area contributed by atoms with Gasteiger partial charge in [-0.2, -0.15) is 4.39 Å². The fourth-order valence-corrected chi connectivity index (χ4v) is 0.997. The normalized spacial score (nSPS) is 11.6. The minimum atomic E-state index is -1.85. The molecule has 14 heavy (non-hydrogen) atoms. The largest absolute Gasteiger partial charge is 0.493 e. The Labute approximate surface area is 81.7 Å². The lowest BCUT2D eigenvalue weighted by Gasteiger charge is -2.18. The predicted octanol–water partition coefficient (Wildman–Crippen LogP) is -0.906. The first kappa shape index (κ1) is 11.1. The number of hydrogen-bond acceptors (Lipinski definition) is 4. The van der Waals surface area contributed by atoms with Crippen LogP contribution in [0.2, 0.25) is 0 Å². The van der Waals surface area contributed by atoms with Crippen LogP contribution in [0, 0.1) is 5.95 Å². The summed E-state index contributed by atoms with van der Waals surface area (Å²) in [5.74, 6) is -0.906. The van der Waals surface area contributed by atoms with Crippen molar-refractivity contribution in [3.05, 3.63) is 23.8 Å². The third-order valence-corrected chi connectivity index (χ3v) is 1.82. The van der Waals surface area contributed by atoms with Crippen LogP contribution in [0.4, 0.5) is 4.39 Å². The molecule has 1 rings (SSSR count). The van der Waals surface area contributed by atoms with E-state index in [4.69, 9.17) is 15.8 Å². The zero-order chi connectivity index (χ0) is 10.9. The van der Waals surface area contributed by atoms with Crippen molar-refractivity contribution in [3.8, 4) is 0 Å². The molecule has 1 aromatic rings. The van der Waals surface area contributed by atoms with Gasteiger partial charge in [0.2, 0.25) is 5.95 Å². The molecule has 0 bridgehead atoms. The molecule has 0 radical (unpaired) electrons. The molecule has 0 aromatic carbocycles. The number of nitrogens with zero attached hydrogens (tertiary/aromatic N) is 1. The van der Waals surface area contributed by atoms with Gasteiger partial charge in [-0.05, 0) is 19.9 Å². The van der Waals surface area contributed by atoms with E-state index in [1.807, 2.05) is 0 Å². The van der Waals surface area contributed by atoms with Gasteiger partial charge in [-0.3, -0.25) is 0 Å². The molecule has 0 spiro atoms. The Morgan fingerprint density at radius 3 is 2.36 bits per heavy atom. The maximum absolute atomic E-state index is 13.1. The highest BCUT2D eigenvalue weighted by atomic mass is 19.1. The van der Waals surface area contributed by atoms with Crippen LogP contribution >= 0.6 is 0 Å². The fourth-order valence-electron chi connectivity index (χ4n) is 0.997. The zero-order valence-corrected chi connectivity index (χ0v) is 8.03. The Bertz CT molecular complexity index is 339. The maximum atomic E-state index is 13.1. The zero-order valence-electron chi connectivity index (χ0n) is 8.03. The molecule has 0 saturated carbocycles. The van der Waals surface area contributed by atoms with Gasteiger partial charge in [0.05, 0.1) is 11.2 Å². The first-order valence-corrected chi connectivity index (χ1v) is 4.14. The van der Waals surface area contributed by atoms with Crippen molar-refractivity contribution in [2.24, 2.45) is 5.73 Å². The van der Waals surface area contributed by atoms with Crippen molar-refractivity contribution in [3.63, 3.8) is 0 Å². The highest BCUT2D eigenvalue weighted by Gasteiger charge is 2.22. The molecule has 0 atom stereocenters. The van der Waals surface area contributed by atoms with E-state index in [0.29, 0.717) is 5.69 Å². The van der Waals surface area contributed by atoms with E-state index in [1.165, 1.54) is 12.1 Å². The number of hydrogen-bond donors (Lipinski definition) is 3. The summed E-state index contributed by atoms with van der Waals surface area (Å²) in [4.78, 5) is 3.55. The van der Waals surface area contributed by atoms with Crippen LogP contribution in [-0.4, -0.2) is 22.2 Å². The van der Waals surface area contributed by atoms with E-state index in [9.17, 15) is 4.39 Å². The van der Waals surface area contributed by atoms with Crippen molar-refractivity contribution in [2.45, 2.75) is 19.4 Å². The third kappa shape index (κ3) is 2.28. The van der Waals surface area contributed by atoms with Gasteiger partial charge in [0.15, 0.2) is 0 Å². The van der Waals surface area contributed by atoms with E-state index in [-0.39, 0.29) is 5.46 Å². The molecule has 0 amide bonds. The lowest BCUT2D eigenvalue weighted by Crippen LogP contribution is -2.36. The minimum absolute atomic E-state index is 0.252. The summed E-state index contributed by atoms with van der Waals surface area (Å²) < 4.78 is 13.1. The minimum Gasteiger partial charge on any atom is -0.423 e. The highest BCUT2D eigenvalue weighted by Crippen LogP contribution is 2.13. The molecule has 1 heterocycles. The van der Waals surface area contributed by atoms with Crippen LogP contribution < -0.4 is 11.2 Å². The standard InChI is InChI=1S/C8H12BFN2O2/c1-8(2,11)6-4-3-5(9(13)14)7(10)12-6/h3-4,13-14H,11H2,1-2H3. The van der Waals surface area contributed by atoms with Gasteiger partial charge in [-0.25, -0.2) is 4.98 Å². The number of rotatable bonds is 2. The van der Waals surface area contributed by atoms with Crippen LogP contribution in [0.25, 0.3) is 0 Å². The lowest BCUT2D eigenvalue weighted by molar-refractivity contribution is 0.420. The smallest absolute Gasteiger partial charge is 0.423 e. The third-order valence-electron chi connectivity index (χ3n) is 1.82. The average Bonchev–Trinajstić information content (AvgIpc) is 2.01. The molecule has 0 aliphatic carbocycles. The second kappa shape index (κ2) is 3.64. The molecule has 0 aliphatic rings. The number of aromatic nitrogens is 1. The first-order chi connectivity index (χ1) is 6.32. The molecule has 4 nitrogen and oxygen atoms in total. The fraction of sp³-hybridized carbons (Fsp3) is 0.375. The van der Waals surface area contributed by atoms with Crippen LogP contribution in [-0.2, 0) is 5.54 Å². The number of pyridine rings is 1. The van der Waals surface area contributed by atoms with Crippen LogP contribution in [0.15, 0.2) is 12.1 Å². The van der Waals surface area contributed by atoms with Gasteiger partial charge >= 0.3 is 7.12 Å². The highest BCUT2D eigenvalue weighted by molar-refractivity contribution is 6.58. The van der Waals surface area contributed by atoms with E-state index >= 15 is 0 Å². The van der Waals surface area contributed by atoms with E-state index in [0.717, 1.165) is 0 Å². The average molecular weight is 198 g/mol. The van der Waals surface area contributed by atoms with Crippen molar-refractivity contribution in [2.75, 3.05) is 0 Å². The first-order valence-electron chi connectivity index (χ1n) is 4.14. The summed E-state index contributed by atoms with van der Waals surface area (Å²) in [6, 6.07) is 2.73. The summed E-state index contributed by atoms with van der Waals surface area (Å²) >= 11 is 0. The molecule has 0 fully saturated rings. The molecule has 0 aliphatic heterocycles. The second-order valence-electron chi connectivity index (χ2n) is 3.67. The van der Waals surface area contributed by atoms with E-state index in [1.54, 1.807) is 13.8 Å². The number of nitrogens with two attached hydrogens (primary N) is 1. The summed E-state index contributed by atoms with van der Waals surface area (Å²) in [5.41, 5.74) is 5.06. The van der Waals surface area contributed by atoms with Crippen molar-refractivity contribution >= 4 is 12.6 Å². The van der Waals surface area contributed by atoms with E-state index in [2.05, 4.69) is 4.98 Å². The van der Waals surface area contributed by atoms with Crippen molar-refractivity contribution < 1.29 is 14.4 Å². The Hall–Kier alpha value is -0.975. The Kier molecular flexibility index (Phi) is 2.89. The molecule has 6 heteroatoms. The van der Waals surface area contributed by atoms with Crippen molar-refractivity contribution in [1.29, 1.82) is 0 Å². The Morgan fingerprint density at radius 1 is 1.43 bits per heavy atom. The van der Waals surface area contributed by atoms with Gasteiger partial charge in [-0.1, -0.05) is 6.07 Å². The molecule has 0 saturated heterocycles. The molecule has 4 N–H and O–H groups in total. The predicted molar refractivity (Wildman–Crippen MR) is 51.2 cm³/mol. The molecule has 0 unspecified atom stereocenters. The SMILES string of the molecule is CC(C)(N)c1ccc(B(O)O)c(F)n1. The maximum Gasteiger partial charge on any atom is 0.493 e. The lowest BCUT2D eigenvalue weighted by atomic mass is 9.81. The van der Waals surface area contributed by atoms with Gasteiger partial charge in [0, 0.05) is 5.46 Å². The molecule has 76 valence electrons. The van der Waals surface area contributed by atoms with E-state index < -0.39 is 18.6 Å². The second-order valence-corrected chi connectivity index (χ2v) is 3.67. The van der Waals surface area contributed by atoms with Gasteiger partial charge < -0.3 is 15.8 Å². The summed E-state index contributed by atoms with van der Waals surface area (Å²) in [6.07, 6.45) is 0. The molecular weight excluding hydrogens is 186 g/mol. The quantitative estimate of drug-likeness (QED) is 0.424. The summed E-state index contributed by atoms with van der Waals surface area (Å²) in [5, 5.41) is 17.5. The van der Waals surface area contributed by atoms with Crippen LogP contribution in [0.5, 0.6) is 0 Å². The Balaban J connectivity index is 3.13. The topological polar surface area (TPSA) is 79.4 Å². The van der Waals surface area contributed by atoms with Crippen LogP contribution in [0.1, 0.15) is 19.5 Å². The number of halogens is 1. The summed E-state index contributed by atoms with van der Waals surface area (Å²) in [7, 11) is -1.85. The molecular formula is C8H12BFN2O2. The van der Waals surface area contributed by atoms with Crippen LogP contribution in [0.3, 0.4) is 0 Å². The Morgan fingerprint density at radius 2 is 2.00 bits per heavy atom. The summed E-state index contributed by atoms with van der Waals surface area (Å²) in [6.45, 7) is 3.37. The molecule has 1 aromatic heterocycles.